The van der Waals surface area contributed by atoms with Gasteiger partial charge in [-0.05, 0) is 19.3 Å². The second kappa shape index (κ2) is 7.07. The third kappa shape index (κ3) is 3.45. The van der Waals surface area contributed by atoms with Gasteiger partial charge in [-0.15, -0.1) is 6.58 Å². The zero-order valence-corrected chi connectivity index (χ0v) is 12.8. The van der Waals surface area contributed by atoms with Crippen LogP contribution in [-0.4, -0.2) is 29.6 Å². The van der Waals surface area contributed by atoms with Crippen LogP contribution in [0.15, 0.2) is 49.1 Å². The number of benzene rings is 1. The van der Waals surface area contributed by atoms with Crippen molar-refractivity contribution in [1.82, 2.24) is 9.97 Å². The summed E-state index contributed by atoms with van der Waals surface area (Å²) >= 11 is 0. The van der Waals surface area contributed by atoms with Crippen LogP contribution in [0, 0.1) is 0 Å². The fraction of sp³-hybridized carbons (Fsp3) is 0.333. The largest absolute Gasteiger partial charge is 0.366 e. The molecule has 1 aliphatic heterocycles. The van der Waals surface area contributed by atoms with Gasteiger partial charge in [0.2, 0.25) is 5.95 Å². The molecule has 0 bridgehead atoms. The van der Waals surface area contributed by atoms with Crippen molar-refractivity contribution in [3.05, 3.63) is 49.1 Å². The summed E-state index contributed by atoms with van der Waals surface area (Å²) in [4.78, 5) is 11.7. The van der Waals surface area contributed by atoms with E-state index in [1.165, 1.54) is 19.3 Å². The van der Waals surface area contributed by atoms with Crippen molar-refractivity contribution in [1.29, 1.82) is 0 Å². The molecule has 1 saturated heterocycles. The molecule has 1 aliphatic rings. The van der Waals surface area contributed by atoms with Crippen molar-refractivity contribution in [3.63, 3.8) is 0 Å². The predicted molar refractivity (Wildman–Crippen MR) is 92.2 cm³/mol. The van der Waals surface area contributed by atoms with Crippen molar-refractivity contribution in [2.24, 2.45) is 0 Å². The molecule has 4 nitrogen and oxygen atoms in total. The summed E-state index contributed by atoms with van der Waals surface area (Å²) < 4.78 is 0. The Bertz CT molecular complexity index is 618. The van der Waals surface area contributed by atoms with Gasteiger partial charge in [0.1, 0.15) is 5.82 Å². The fourth-order valence-corrected chi connectivity index (χ4v) is 2.69. The van der Waals surface area contributed by atoms with Crippen LogP contribution in [0.2, 0.25) is 0 Å². The van der Waals surface area contributed by atoms with Crippen molar-refractivity contribution in [3.8, 4) is 11.3 Å². The van der Waals surface area contributed by atoms with E-state index in [2.05, 4.69) is 33.9 Å². The van der Waals surface area contributed by atoms with Crippen LogP contribution in [0.1, 0.15) is 19.3 Å². The van der Waals surface area contributed by atoms with Gasteiger partial charge in [0.15, 0.2) is 0 Å². The number of piperidine rings is 1. The van der Waals surface area contributed by atoms with Crippen molar-refractivity contribution < 1.29 is 0 Å². The van der Waals surface area contributed by atoms with Crippen LogP contribution in [0.5, 0.6) is 0 Å². The number of nitrogens with zero attached hydrogens (tertiary/aromatic N) is 3. The Morgan fingerprint density at radius 2 is 1.86 bits per heavy atom. The van der Waals surface area contributed by atoms with E-state index in [9.17, 15) is 0 Å². The molecular weight excluding hydrogens is 272 g/mol. The predicted octanol–water partition coefficient (Wildman–Crippen LogP) is 3.73. The zero-order valence-electron chi connectivity index (χ0n) is 12.8. The number of hydrogen-bond donors (Lipinski definition) is 1. The lowest BCUT2D eigenvalue weighted by Crippen LogP contribution is -2.31. The van der Waals surface area contributed by atoms with Gasteiger partial charge in [-0.1, -0.05) is 36.4 Å². The van der Waals surface area contributed by atoms with E-state index in [-0.39, 0.29) is 0 Å². The average molecular weight is 294 g/mol. The van der Waals surface area contributed by atoms with Crippen LogP contribution >= 0.6 is 0 Å². The summed E-state index contributed by atoms with van der Waals surface area (Å²) in [5.74, 6) is 1.68. The highest BCUT2D eigenvalue weighted by Gasteiger charge is 2.15. The summed E-state index contributed by atoms with van der Waals surface area (Å²) in [6.07, 6.45) is 5.57. The van der Waals surface area contributed by atoms with Crippen molar-refractivity contribution >= 4 is 11.8 Å². The monoisotopic (exact) mass is 294 g/mol. The number of hydrogen-bond acceptors (Lipinski definition) is 4. The molecule has 2 aromatic rings. The highest BCUT2D eigenvalue weighted by atomic mass is 15.3. The van der Waals surface area contributed by atoms with Gasteiger partial charge in [-0.2, -0.15) is 4.98 Å². The lowest BCUT2D eigenvalue weighted by molar-refractivity contribution is 0.568. The Labute approximate surface area is 131 Å². The van der Waals surface area contributed by atoms with E-state index in [1.54, 1.807) is 0 Å². The van der Waals surface area contributed by atoms with Gasteiger partial charge in [-0.25, -0.2) is 4.98 Å². The molecule has 22 heavy (non-hydrogen) atoms. The zero-order chi connectivity index (χ0) is 15.2. The normalized spacial score (nSPS) is 14.6. The second-order valence-corrected chi connectivity index (χ2v) is 5.52. The molecule has 2 heterocycles. The molecule has 3 rings (SSSR count). The summed E-state index contributed by atoms with van der Waals surface area (Å²) in [5, 5.41) is 3.29. The molecule has 0 amide bonds. The molecular formula is C18H22N4. The van der Waals surface area contributed by atoms with Gasteiger partial charge in [0, 0.05) is 31.3 Å². The van der Waals surface area contributed by atoms with Crippen LogP contribution in [-0.2, 0) is 0 Å². The lowest BCUT2D eigenvalue weighted by atomic mass is 10.1. The van der Waals surface area contributed by atoms with Gasteiger partial charge in [-0.3, -0.25) is 0 Å². The molecule has 0 unspecified atom stereocenters. The molecule has 0 radical (unpaired) electrons. The summed E-state index contributed by atoms with van der Waals surface area (Å²) in [7, 11) is 0. The molecule has 114 valence electrons. The molecule has 0 atom stereocenters. The quantitative estimate of drug-likeness (QED) is 0.853. The first-order chi connectivity index (χ1) is 10.9. The van der Waals surface area contributed by atoms with E-state index in [4.69, 9.17) is 4.98 Å². The van der Waals surface area contributed by atoms with E-state index < -0.39 is 0 Å². The standard InChI is InChI=1S/C18H22N4/c1-2-11-19-17-14-16(15-9-5-3-6-10-15)20-18(21-17)22-12-7-4-8-13-22/h2-3,5-6,9-10,14H,1,4,7-8,11-13H2,(H,19,20,21). The van der Waals surface area contributed by atoms with Gasteiger partial charge >= 0.3 is 0 Å². The van der Waals surface area contributed by atoms with Crippen LogP contribution in [0.25, 0.3) is 11.3 Å². The minimum absolute atomic E-state index is 0.699. The number of anilines is 2. The van der Waals surface area contributed by atoms with Crippen LogP contribution in [0.4, 0.5) is 11.8 Å². The van der Waals surface area contributed by atoms with E-state index in [0.29, 0.717) is 6.54 Å². The van der Waals surface area contributed by atoms with E-state index in [0.717, 1.165) is 36.1 Å². The first kappa shape index (κ1) is 14.6. The molecule has 0 spiro atoms. The van der Waals surface area contributed by atoms with E-state index in [1.807, 2.05) is 30.3 Å². The summed E-state index contributed by atoms with van der Waals surface area (Å²) in [6.45, 7) is 6.53. The number of nitrogens with one attached hydrogen (secondary N) is 1. The number of rotatable bonds is 5. The van der Waals surface area contributed by atoms with Gasteiger partial charge in [0.05, 0.1) is 5.69 Å². The van der Waals surface area contributed by atoms with E-state index >= 15 is 0 Å². The minimum atomic E-state index is 0.699. The third-order valence-corrected chi connectivity index (χ3v) is 3.85. The Hall–Kier alpha value is -2.36. The van der Waals surface area contributed by atoms with Crippen molar-refractivity contribution in [2.45, 2.75) is 19.3 Å². The van der Waals surface area contributed by atoms with Crippen LogP contribution in [0.3, 0.4) is 0 Å². The first-order valence-electron chi connectivity index (χ1n) is 7.91. The Morgan fingerprint density at radius 3 is 2.59 bits per heavy atom. The molecule has 1 fully saturated rings. The minimum Gasteiger partial charge on any atom is -0.366 e. The van der Waals surface area contributed by atoms with Crippen molar-refractivity contribution in [2.75, 3.05) is 29.9 Å². The molecule has 4 heteroatoms. The molecule has 0 saturated carbocycles. The second-order valence-electron chi connectivity index (χ2n) is 5.52. The van der Waals surface area contributed by atoms with Crippen LogP contribution < -0.4 is 10.2 Å². The molecule has 1 aromatic heterocycles. The maximum atomic E-state index is 4.78. The lowest BCUT2D eigenvalue weighted by Gasteiger charge is -2.27. The Kier molecular flexibility index (Phi) is 4.68. The molecule has 0 aliphatic carbocycles. The Balaban J connectivity index is 1.95. The molecule has 1 aromatic carbocycles. The highest BCUT2D eigenvalue weighted by molar-refractivity contribution is 5.64. The summed E-state index contributed by atoms with van der Waals surface area (Å²) in [6, 6.07) is 12.3. The average Bonchev–Trinajstić information content (AvgIpc) is 2.61. The Morgan fingerprint density at radius 1 is 1.09 bits per heavy atom. The SMILES string of the molecule is C=CCNc1cc(-c2ccccc2)nc(N2CCCCC2)n1. The van der Waals surface area contributed by atoms with Gasteiger partial charge in [0.25, 0.3) is 0 Å². The maximum Gasteiger partial charge on any atom is 0.227 e. The third-order valence-electron chi connectivity index (χ3n) is 3.85. The first-order valence-corrected chi connectivity index (χ1v) is 7.91. The number of aromatic nitrogens is 2. The van der Waals surface area contributed by atoms with Gasteiger partial charge < -0.3 is 10.2 Å². The highest BCUT2D eigenvalue weighted by Crippen LogP contribution is 2.24. The summed E-state index contributed by atoms with van der Waals surface area (Å²) in [5.41, 5.74) is 2.08. The topological polar surface area (TPSA) is 41.1 Å². The smallest absolute Gasteiger partial charge is 0.227 e. The molecule has 1 N–H and O–H groups in total. The maximum absolute atomic E-state index is 4.78. The fourth-order valence-electron chi connectivity index (χ4n) is 2.69.